The average Bonchev–Trinajstić information content (AvgIpc) is 2.77. The molecule has 0 aliphatic heterocycles. The Bertz CT molecular complexity index is 458. The highest BCUT2D eigenvalue weighted by molar-refractivity contribution is 9.18. The summed E-state index contributed by atoms with van der Waals surface area (Å²) in [5, 5.41) is 0. The van der Waals surface area contributed by atoms with Crippen LogP contribution in [-0.4, -0.2) is 4.62 Å². The largest absolute Gasteiger partial charge is 0.246 e. The molecule has 2 rings (SSSR count). The molecule has 0 N–H and O–H groups in total. The quantitative estimate of drug-likeness (QED) is 0.671. The van der Waals surface area contributed by atoms with Crippen molar-refractivity contribution in [2.75, 3.05) is 0 Å². The van der Waals surface area contributed by atoms with E-state index in [0.29, 0.717) is 5.92 Å². The highest BCUT2D eigenvalue weighted by Gasteiger charge is 2.18. The molecular formula is C15H19BrFN. The van der Waals surface area contributed by atoms with Crippen molar-refractivity contribution in [3.8, 4) is 0 Å². The Morgan fingerprint density at radius 2 is 2.06 bits per heavy atom. The molecule has 1 nitrogen and oxygen atoms in total. The standard InChI is InChI=1S/C15H19BrFN/c1-10-7-13(8-12-5-3-4-6-12)14(17)9-15(10)18-11(2)16/h7,9,12H,3-6,8H2,1-2H3. The van der Waals surface area contributed by atoms with Crippen molar-refractivity contribution < 1.29 is 4.39 Å². The lowest BCUT2D eigenvalue weighted by Gasteiger charge is -2.12. The molecule has 0 spiro atoms. The Balaban J connectivity index is 2.22. The van der Waals surface area contributed by atoms with Gasteiger partial charge in [-0.25, -0.2) is 9.38 Å². The van der Waals surface area contributed by atoms with Gasteiger partial charge >= 0.3 is 0 Å². The van der Waals surface area contributed by atoms with E-state index in [-0.39, 0.29) is 5.82 Å². The van der Waals surface area contributed by atoms with E-state index in [1.54, 1.807) is 6.07 Å². The van der Waals surface area contributed by atoms with E-state index >= 15 is 0 Å². The van der Waals surface area contributed by atoms with Crippen molar-refractivity contribution in [3.63, 3.8) is 0 Å². The van der Waals surface area contributed by atoms with Crippen molar-refractivity contribution in [2.45, 2.75) is 46.0 Å². The van der Waals surface area contributed by atoms with E-state index in [1.807, 2.05) is 19.9 Å². The van der Waals surface area contributed by atoms with Crippen LogP contribution >= 0.6 is 15.9 Å². The van der Waals surface area contributed by atoms with E-state index in [2.05, 4.69) is 20.9 Å². The van der Waals surface area contributed by atoms with Gasteiger partial charge in [-0.2, -0.15) is 0 Å². The molecule has 98 valence electrons. The van der Waals surface area contributed by atoms with Gasteiger partial charge in [0.15, 0.2) is 0 Å². The lowest BCUT2D eigenvalue weighted by atomic mass is 9.96. The van der Waals surface area contributed by atoms with Crippen LogP contribution in [0.4, 0.5) is 10.1 Å². The van der Waals surface area contributed by atoms with Crippen LogP contribution in [-0.2, 0) is 6.42 Å². The summed E-state index contributed by atoms with van der Waals surface area (Å²) in [4.78, 5) is 4.29. The fourth-order valence-corrected chi connectivity index (χ4v) is 2.89. The minimum Gasteiger partial charge on any atom is -0.246 e. The second kappa shape index (κ2) is 5.96. The lowest BCUT2D eigenvalue weighted by Crippen LogP contribution is -2.01. The Kier molecular flexibility index (Phi) is 4.55. The normalized spacial score (nSPS) is 17.4. The van der Waals surface area contributed by atoms with Crippen LogP contribution in [0.3, 0.4) is 0 Å². The van der Waals surface area contributed by atoms with Gasteiger partial charge < -0.3 is 0 Å². The monoisotopic (exact) mass is 311 g/mol. The molecule has 0 aromatic heterocycles. The van der Waals surface area contributed by atoms with E-state index in [4.69, 9.17) is 0 Å². The Morgan fingerprint density at radius 3 is 2.67 bits per heavy atom. The zero-order valence-corrected chi connectivity index (χ0v) is 12.6. The summed E-state index contributed by atoms with van der Waals surface area (Å²) < 4.78 is 14.8. The predicted octanol–water partition coefficient (Wildman–Crippen LogP) is 5.31. The van der Waals surface area contributed by atoms with Crippen LogP contribution in [0, 0.1) is 18.7 Å². The van der Waals surface area contributed by atoms with Crippen LogP contribution in [0.15, 0.2) is 17.1 Å². The first kappa shape index (κ1) is 13.7. The van der Waals surface area contributed by atoms with Crippen molar-refractivity contribution in [3.05, 3.63) is 29.1 Å². The van der Waals surface area contributed by atoms with Crippen molar-refractivity contribution in [1.82, 2.24) is 0 Å². The Labute approximate surface area is 117 Å². The maximum atomic E-state index is 14.0. The summed E-state index contributed by atoms with van der Waals surface area (Å²) in [7, 11) is 0. The maximum Gasteiger partial charge on any atom is 0.128 e. The van der Waals surface area contributed by atoms with Gasteiger partial charge in [-0.05, 0) is 53.2 Å². The smallest absolute Gasteiger partial charge is 0.128 e. The van der Waals surface area contributed by atoms with Gasteiger partial charge in [-0.3, -0.25) is 0 Å². The van der Waals surface area contributed by atoms with Crippen LogP contribution in [0.5, 0.6) is 0 Å². The average molecular weight is 312 g/mol. The Morgan fingerprint density at radius 1 is 1.39 bits per heavy atom. The van der Waals surface area contributed by atoms with E-state index in [0.717, 1.165) is 27.9 Å². The van der Waals surface area contributed by atoms with Gasteiger partial charge in [0.25, 0.3) is 0 Å². The number of hydrogen-bond donors (Lipinski definition) is 0. The number of benzene rings is 1. The fourth-order valence-electron chi connectivity index (χ4n) is 2.70. The molecule has 1 fully saturated rings. The van der Waals surface area contributed by atoms with E-state index in [9.17, 15) is 4.39 Å². The van der Waals surface area contributed by atoms with Crippen molar-refractivity contribution in [2.24, 2.45) is 10.9 Å². The summed E-state index contributed by atoms with van der Waals surface area (Å²) >= 11 is 3.29. The summed E-state index contributed by atoms with van der Waals surface area (Å²) in [5.74, 6) is 0.561. The van der Waals surface area contributed by atoms with Crippen LogP contribution in [0.2, 0.25) is 0 Å². The van der Waals surface area contributed by atoms with Crippen LogP contribution < -0.4 is 0 Å². The summed E-state index contributed by atoms with van der Waals surface area (Å²) in [5.41, 5.74) is 2.62. The first-order chi connectivity index (χ1) is 8.56. The second-order valence-corrected chi connectivity index (χ2v) is 6.34. The molecule has 18 heavy (non-hydrogen) atoms. The van der Waals surface area contributed by atoms with E-state index in [1.165, 1.54) is 25.7 Å². The summed E-state index contributed by atoms with van der Waals surface area (Å²) in [6.45, 7) is 3.84. The molecule has 1 aliphatic carbocycles. The molecule has 0 radical (unpaired) electrons. The van der Waals surface area contributed by atoms with Crippen molar-refractivity contribution in [1.29, 1.82) is 0 Å². The third-order valence-corrected chi connectivity index (χ3v) is 3.80. The van der Waals surface area contributed by atoms with Crippen LogP contribution in [0.1, 0.15) is 43.7 Å². The van der Waals surface area contributed by atoms with E-state index < -0.39 is 0 Å². The highest BCUT2D eigenvalue weighted by Crippen LogP contribution is 2.31. The molecule has 0 atom stereocenters. The number of nitrogens with zero attached hydrogens (tertiary/aromatic N) is 1. The molecule has 0 amide bonds. The molecule has 1 aromatic carbocycles. The lowest BCUT2D eigenvalue weighted by molar-refractivity contribution is 0.521. The van der Waals surface area contributed by atoms with Crippen molar-refractivity contribution >= 4 is 26.2 Å². The summed E-state index contributed by atoms with van der Waals surface area (Å²) in [6.07, 6.45) is 5.98. The molecule has 0 saturated heterocycles. The zero-order chi connectivity index (χ0) is 13.1. The minimum atomic E-state index is -0.111. The topological polar surface area (TPSA) is 12.4 Å². The SMILES string of the molecule is CC(Br)=Nc1cc(F)c(CC2CCCC2)cc1C. The van der Waals surface area contributed by atoms with Gasteiger partial charge in [0, 0.05) is 6.07 Å². The maximum absolute atomic E-state index is 14.0. The fraction of sp³-hybridized carbons (Fsp3) is 0.533. The predicted molar refractivity (Wildman–Crippen MR) is 78.5 cm³/mol. The van der Waals surface area contributed by atoms with Gasteiger partial charge in [-0.1, -0.05) is 31.7 Å². The molecule has 3 heteroatoms. The molecule has 1 aliphatic rings. The third-order valence-electron chi connectivity index (χ3n) is 3.62. The molecular weight excluding hydrogens is 293 g/mol. The highest BCUT2D eigenvalue weighted by atomic mass is 79.9. The number of rotatable bonds is 3. The molecule has 0 unspecified atom stereocenters. The second-order valence-electron chi connectivity index (χ2n) is 5.19. The molecule has 0 bridgehead atoms. The number of hydrogen-bond acceptors (Lipinski definition) is 1. The minimum absolute atomic E-state index is 0.111. The number of halogens is 2. The van der Waals surface area contributed by atoms with Gasteiger partial charge in [-0.15, -0.1) is 0 Å². The third kappa shape index (κ3) is 3.41. The Hall–Kier alpha value is -0.700. The van der Waals surface area contributed by atoms with Gasteiger partial charge in [0.2, 0.25) is 0 Å². The summed E-state index contributed by atoms with van der Waals surface area (Å²) in [6, 6.07) is 3.52. The zero-order valence-electron chi connectivity index (χ0n) is 11.0. The first-order valence-corrected chi connectivity index (χ1v) is 7.35. The van der Waals surface area contributed by atoms with Gasteiger partial charge in [0.1, 0.15) is 5.82 Å². The van der Waals surface area contributed by atoms with Crippen LogP contribution in [0.25, 0.3) is 0 Å². The first-order valence-electron chi connectivity index (χ1n) is 6.56. The molecule has 1 aromatic rings. The molecule has 1 saturated carbocycles. The number of aryl methyl sites for hydroxylation is 1. The van der Waals surface area contributed by atoms with Gasteiger partial charge in [0.05, 0.1) is 10.3 Å². The number of aliphatic imine (C=N–C) groups is 1. The molecule has 0 heterocycles.